The van der Waals surface area contributed by atoms with Crippen LogP contribution in [-0.4, -0.2) is 18.5 Å². The number of rotatable bonds is 5. The Hall–Kier alpha value is -2.56. The zero-order valence-electron chi connectivity index (χ0n) is 13.7. The molecular weight excluding hydrogens is 373 g/mol. The van der Waals surface area contributed by atoms with Crippen LogP contribution in [0.4, 0.5) is 5.69 Å². The predicted molar refractivity (Wildman–Crippen MR) is 104 cm³/mol. The van der Waals surface area contributed by atoms with E-state index < -0.39 is 18.5 Å². The third-order valence-electron chi connectivity index (χ3n) is 3.80. The Morgan fingerprint density at radius 2 is 1.65 bits per heavy atom. The lowest BCUT2D eigenvalue weighted by Gasteiger charge is -2.09. The van der Waals surface area contributed by atoms with E-state index in [4.69, 9.17) is 27.9 Å². The van der Waals surface area contributed by atoms with E-state index in [1.165, 1.54) is 0 Å². The summed E-state index contributed by atoms with van der Waals surface area (Å²) < 4.78 is 5.07. The molecule has 0 saturated heterocycles. The number of nitrogens with one attached hydrogen (secondary N) is 1. The first-order chi connectivity index (χ1) is 12.5. The number of halogens is 2. The standard InChI is InChI=1S/C20H15Cl2NO3/c21-16-9-4-10-17(20(16)22)23-18(24)12-26-19(25)11-14-7-3-6-13-5-1-2-8-15(13)14/h1-10H,11-12H2,(H,23,24). The van der Waals surface area contributed by atoms with Crippen molar-refractivity contribution in [3.8, 4) is 0 Å². The van der Waals surface area contributed by atoms with E-state index in [0.29, 0.717) is 10.7 Å². The van der Waals surface area contributed by atoms with E-state index >= 15 is 0 Å². The summed E-state index contributed by atoms with van der Waals surface area (Å²) in [5.74, 6) is -0.964. The molecule has 0 aromatic heterocycles. The van der Waals surface area contributed by atoms with Crippen molar-refractivity contribution < 1.29 is 14.3 Å². The van der Waals surface area contributed by atoms with Crippen molar-refractivity contribution in [2.45, 2.75) is 6.42 Å². The fraction of sp³-hybridized carbons (Fsp3) is 0.100. The van der Waals surface area contributed by atoms with Gasteiger partial charge in [0.05, 0.1) is 22.2 Å². The molecule has 132 valence electrons. The lowest BCUT2D eigenvalue weighted by atomic mass is 10.0. The molecule has 3 aromatic rings. The Morgan fingerprint density at radius 1 is 0.923 bits per heavy atom. The number of fused-ring (bicyclic) bond motifs is 1. The average molecular weight is 388 g/mol. The summed E-state index contributed by atoms with van der Waals surface area (Å²) in [5.41, 5.74) is 1.22. The first-order valence-corrected chi connectivity index (χ1v) is 8.66. The summed E-state index contributed by atoms with van der Waals surface area (Å²) in [5, 5.41) is 5.17. The van der Waals surface area contributed by atoms with Crippen LogP contribution in [0.2, 0.25) is 10.0 Å². The predicted octanol–water partition coefficient (Wildman–Crippen LogP) is 4.87. The van der Waals surface area contributed by atoms with Crippen molar-refractivity contribution in [3.63, 3.8) is 0 Å². The highest BCUT2D eigenvalue weighted by Gasteiger charge is 2.12. The van der Waals surface area contributed by atoms with Crippen LogP contribution in [0.25, 0.3) is 10.8 Å². The van der Waals surface area contributed by atoms with E-state index in [-0.39, 0.29) is 11.4 Å². The number of ether oxygens (including phenoxy) is 1. The molecule has 0 atom stereocenters. The average Bonchev–Trinajstić information content (AvgIpc) is 2.64. The van der Waals surface area contributed by atoms with Gasteiger partial charge in [-0.15, -0.1) is 0 Å². The zero-order chi connectivity index (χ0) is 18.5. The van der Waals surface area contributed by atoms with Crippen molar-refractivity contribution in [2.24, 2.45) is 0 Å². The summed E-state index contributed by atoms with van der Waals surface area (Å²) >= 11 is 11.9. The smallest absolute Gasteiger partial charge is 0.310 e. The molecule has 0 heterocycles. The normalized spacial score (nSPS) is 10.5. The van der Waals surface area contributed by atoms with Crippen LogP contribution in [0.15, 0.2) is 60.7 Å². The Morgan fingerprint density at radius 3 is 2.50 bits per heavy atom. The highest BCUT2D eigenvalue weighted by atomic mass is 35.5. The van der Waals surface area contributed by atoms with Gasteiger partial charge in [-0.1, -0.05) is 71.7 Å². The highest BCUT2D eigenvalue weighted by Crippen LogP contribution is 2.29. The molecule has 0 aliphatic heterocycles. The summed E-state index contributed by atoms with van der Waals surface area (Å²) in [7, 11) is 0. The topological polar surface area (TPSA) is 55.4 Å². The molecule has 26 heavy (non-hydrogen) atoms. The Kier molecular flexibility index (Phi) is 5.76. The quantitative estimate of drug-likeness (QED) is 0.635. The summed E-state index contributed by atoms with van der Waals surface area (Å²) in [6.07, 6.45) is 0.0898. The maximum atomic E-state index is 12.1. The fourth-order valence-electron chi connectivity index (χ4n) is 2.59. The van der Waals surface area contributed by atoms with Crippen LogP contribution in [0.5, 0.6) is 0 Å². The van der Waals surface area contributed by atoms with Gasteiger partial charge in [0, 0.05) is 0 Å². The van der Waals surface area contributed by atoms with E-state index in [2.05, 4.69) is 5.32 Å². The second-order valence-corrected chi connectivity index (χ2v) is 6.41. The minimum absolute atomic E-state index is 0.0898. The van der Waals surface area contributed by atoms with Gasteiger partial charge in [-0.3, -0.25) is 9.59 Å². The SMILES string of the molecule is O=C(COC(=O)Cc1cccc2ccccc12)Nc1cccc(Cl)c1Cl. The number of hydrogen-bond donors (Lipinski definition) is 1. The summed E-state index contributed by atoms with van der Waals surface area (Å²) in [4.78, 5) is 24.0. The van der Waals surface area contributed by atoms with Crippen LogP contribution >= 0.6 is 23.2 Å². The van der Waals surface area contributed by atoms with Gasteiger partial charge < -0.3 is 10.1 Å². The number of anilines is 1. The van der Waals surface area contributed by atoms with Gasteiger partial charge in [-0.05, 0) is 28.5 Å². The lowest BCUT2D eigenvalue weighted by Crippen LogP contribution is -2.21. The number of carbonyl (C=O) groups excluding carboxylic acids is 2. The maximum Gasteiger partial charge on any atom is 0.310 e. The van der Waals surface area contributed by atoms with Gasteiger partial charge in [0.15, 0.2) is 6.61 Å². The molecular formula is C20H15Cl2NO3. The molecule has 1 amide bonds. The molecule has 0 bridgehead atoms. The second-order valence-electron chi connectivity index (χ2n) is 5.63. The third-order valence-corrected chi connectivity index (χ3v) is 4.62. The Bertz CT molecular complexity index is 967. The molecule has 0 radical (unpaired) electrons. The largest absolute Gasteiger partial charge is 0.455 e. The van der Waals surface area contributed by atoms with Gasteiger partial charge in [-0.25, -0.2) is 0 Å². The van der Waals surface area contributed by atoms with Gasteiger partial charge in [0.25, 0.3) is 5.91 Å². The van der Waals surface area contributed by atoms with E-state index in [1.807, 2.05) is 42.5 Å². The molecule has 0 saturated carbocycles. The number of amides is 1. The molecule has 0 unspecified atom stereocenters. The second kappa shape index (κ2) is 8.21. The van der Waals surface area contributed by atoms with Crippen molar-refractivity contribution in [1.29, 1.82) is 0 Å². The van der Waals surface area contributed by atoms with E-state index in [0.717, 1.165) is 16.3 Å². The number of benzene rings is 3. The molecule has 4 nitrogen and oxygen atoms in total. The van der Waals surface area contributed by atoms with Crippen LogP contribution in [-0.2, 0) is 20.7 Å². The number of hydrogen-bond acceptors (Lipinski definition) is 3. The molecule has 0 aliphatic carbocycles. The first kappa shape index (κ1) is 18.2. The Labute approximate surface area is 160 Å². The van der Waals surface area contributed by atoms with Crippen LogP contribution in [0, 0.1) is 0 Å². The number of carbonyl (C=O) groups is 2. The first-order valence-electron chi connectivity index (χ1n) is 7.91. The highest BCUT2D eigenvalue weighted by molar-refractivity contribution is 6.44. The van der Waals surface area contributed by atoms with Gasteiger partial charge >= 0.3 is 5.97 Å². The zero-order valence-corrected chi connectivity index (χ0v) is 15.2. The van der Waals surface area contributed by atoms with Crippen molar-refractivity contribution in [1.82, 2.24) is 0 Å². The van der Waals surface area contributed by atoms with Gasteiger partial charge in [0.2, 0.25) is 0 Å². The van der Waals surface area contributed by atoms with Crippen molar-refractivity contribution in [3.05, 3.63) is 76.3 Å². The molecule has 0 fully saturated rings. The molecule has 6 heteroatoms. The number of esters is 1. The lowest BCUT2D eigenvalue weighted by molar-refractivity contribution is -0.146. The van der Waals surface area contributed by atoms with Crippen LogP contribution in [0.1, 0.15) is 5.56 Å². The minimum atomic E-state index is -0.486. The van der Waals surface area contributed by atoms with E-state index in [9.17, 15) is 9.59 Å². The molecule has 1 N–H and O–H groups in total. The summed E-state index contributed by atoms with van der Waals surface area (Å²) in [6.45, 7) is -0.396. The Balaban J connectivity index is 1.58. The molecule has 0 spiro atoms. The van der Waals surface area contributed by atoms with Crippen LogP contribution < -0.4 is 5.32 Å². The monoisotopic (exact) mass is 387 g/mol. The fourth-order valence-corrected chi connectivity index (χ4v) is 2.93. The van der Waals surface area contributed by atoms with Gasteiger partial charge in [0.1, 0.15) is 0 Å². The van der Waals surface area contributed by atoms with E-state index in [1.54, 1.807) is 18.2 Å². The van der Waals surface area contributed by atoms with Crippen LogP contribution in [0.3, 0.4) is 0 Å². The van der Waals surface area contributed by atoms with Crippen molar-refractivity contribution >= 4 is 51.5 Å². The molecule has 0 aliphatic rings. The maximum absolute atomic E-state index is 12.1. The van der Waals surface area contributed by atoms with Gasteiger partial charge in [-0.2, -0.15) is 0 Å². The summed E-state index contributed by atoms with van der Waals surface area (Å²) in [6, 6.07) is 18.4. The molecule has 3 rings (SSSR count). The third kappa shape index (κ3) is 4.34. The minimum Gasteiger partial charge on any atom is -0.455 e. The van der Waals surface area contributed by atoms with Crippen molar-refractivity contribution in [2.75, 3.05) is 11.9 Å². The molecule has 3 aromatic carbocycles.